The van der Waals surface area contributed by atoms with Crippen LogP contribution >= 0.6 is 0 Å². The van der Waals surface area contributed by atoms with Crippen LogP contribution in [0.1, 0.15) is 65.5 Å². The van der Waals surface area contributed by atoms with Gasteiger partial charge in [-0.15, -0.1) is 0 Å². The Kier molecular flexibility index (Phi) is 5.86. The minimum Gasteiger partial charge on any atom is -0.333 e. The molecule has 3 heteroatoms. The molecule has 0 aliphatic heterocycles. The van der Waals surface area contributed by atoms with Crippen LogP contribution in [0.5, 0.6) is 0 Å². The van der Waals surface area contributed by atoms with E-state index in [9.17, 15) is 0 Å². The molecule has 0 bridgehead atoms. The molecule has 1 N–H and O–H groups in total. The van der Waals surface area contributed by atoms with Gasteiger partial charge in [-0.25, -0.2) is 4.98 Å². The highest BCUT2D eigenvalue weighted by Crippen LogP contribution is 2.44. The van der Waals surface area contributed by atoms with Crippen molar-refractivity contribution in [1.82, 2.24) is 14.9 Å². The average molecular weight is 291 g/mol. The van der Waals surface area contributed by atoms with Crippen molar-refractivity contribution in [2.24, 2.45) is 17.3 Å². The van der Waals surface area contributed by atoms with E-state index >= 15 is 0 Å². The summed E-state index contributed by atoms with van der Waals surface area (Å²) in [6.45, 7) is 12.4. The monoisotopic (exact) mass is 291 g/mol. The van der Waals surface area contributed by atoms with Gasteiger partial charge in [-0.1, -0.05) is 40.5 Å². The lowest BCUT2D eigenvalue weighted by molar-refractivity contribution is 0.195. The minimum absolute atomic E-state index is 0.516. The molecule has 2 rings (SSSR count). The van der Waals surface area contributed by atoms with E-state index in [2.05, 4.69) is 42.6 Å². The first kappa shape index (κ1) is 16.5. The van der Waals surface area contributed by atoms with Gasteiger partial charge in [-0.05, 0) is 43.1 Å². The summed E-state index contributed by atoms with van der Waals surface area (Å²) in [6, 6.07) is 0. The molecule has 1 aliphatic carbocycles. The van der Waals surface area contributed by atoms with Gasteiger partial charge in [0.1, 0.15) is 0 Å². The standard InChI is InChI=1S/C18H33N3/c1-15(2)9-18(7-5-6-8-18)13-21-14-20-12-17(21)11-19-10-16(3)4/h12,14-16,19H,5-11,13H2,1-4H3. The third-order valence-electron chi connectivity index (χ3n) is 4.67. The van der Waals surface area contributed by atoms with E-state index in [-0.39, 0.29) is 0 Å². The Labute approximate surface area is 130 Å². The number of hydrogen-bond acceptors (Lipinski definition) is 2. The van der Waals surface area contributed by atoms with Crippen LogP contribution in [0.2, 0.25) is 0 Å². The van der Waals surface area contributed by atoms with Crippen LogP contribution in [0.25, 0.3) is 0 Å². The molecule has 0 radical (unpaired) electrons. The van der Waals surface area contributed by atoms with E-state index in [0.29, 0.717) is 11.3 Å². The molecule has 1 aromatic rings. The summed E-state index contributed by atoms with van der Waals surface area (Å²) < 4.78 is 2.40. The lowest BCUT2D eigenvalue weighted by Crippen LogP contribution is -2.27. The van der Waals surface area contributed by atoms with E-state index in [1.165, 1.54) is 37.8 Å². The first-order chi connectivity index (χ1) is 10.0. The van der Waals surface area contributed by atoms with Gasteiger partial charge in [0.2, 0.25) is 0 Å². The second-order valence-electron chi connectivity index (χ2n) is 7.84. The second kappa shape index (κ2) is 7.44. The molecule has 1 aromatic heterocycles. The molecule has 0 amide bonds. The summed E-state index contributed by atoms with van der Waals surface area (Å²) in [5.41, 5.74) is 1.85. The van der Waals surface area contributed by atoms with Crippen molar-refractivity contribution in [3.63, 3.8) is 0 Å². The highest BCUT2D eigenvalue weighted by atomic mass is 15.1. The van der Waals surface area contributed by atoms with Gasteiger partial charge in [0.25, 0.3) is 0 Å². The van der Waals surface area contributed by atoms with Crippen LogP contribution in [-0.2, 0) is 13.1 Å². The number of aromatic nitrogens is 2. The molecule has 3 nitrogen and oxygen atoms in total. The van der Waals surface area contributed by atoms with Crippen LogP contribution in [-0.4, -0.2) is 16.1 Å². The van der Waals surface area contributed by atoms with Crippen LogP contribution in [0.15, 0.2) is 12.5 Å². The van der Waals surface area contributed by atoms with Gasteiger partial charge >= 0.3 is 0 Å². The van der Waals surface area contributed by atoms with Crippen molar-refractivity contribution < 1.29 is 0 Å². The molecule has 0 unspecified atom stereocenters. The van der Waals surface area contributed by atoms with E-state index < -0.39 is 0 Å². The molecule has 0 spiro atoms. The third-order valence-corrected chi connectivity index (χ3v) is 4.67. The van der Waals surface area contributed by atoms with Crippen molar-refractivity contribution in [3.8, 4) is 0 Å². The first-order valence-electron chi connectivity index (χ1n) is 8.70. The van der Waals surface area contributed by atoms with Gasteiger partial charge in [0.15, 0.2) is 0 Å². The van der Waals surface area contributed by atoms with Gasteiger partial charge < -0.3 is 9.88 Å². The molecular weight excluding hydrogens is 258 g/mol. The number of nitrogens with one attached hydrogen (secondary N) is 1. The summed E-state index contributed by atoms with van der Waals surface area (Å²) in [6.07, 6.45) is 11.0. The molecular formula is C18H33N3. The van der Waals surface area contributed by atoms with Crippen LogP contribution in [0.3, 0.4) is 0 Å². The van der Waals surface area contributed by atoms with Gasteiger partial charge in [0, 0.05) is 19.3 Å². The maximum Gasteiger partial charge on any atom is 0.0948 e. The summed E-state index contributed by atoms with van der Waals surface area (Å²) in [7, 11) is 0. The minimum atomic E-state index is 0.516. The molecule has 21 heavy (non-hydrogen) atoms. The number of rotatable bonds is 8. The number of imidazole rings is 1. The third kappa shape index (κ3) is 4.84. The zero-order valence-corrected chi connectivity index (χ0v) is 14.4. The van der Waals surface area contributed by atoms with Crippen molar-refractivity contribution in [3.05, 3.63) is 18.2 Å². The Balaban J connectivity index is 1.99. The lowest BCUT2D eigenvalue weighted by Gasteiger charge is -2.32. The zero-order valence-electron chi connectivity index (χ0n) is 14.4. The topological polar surface area (TPSA) is 29.9 Å². The fourth-order valence-electron chi connectivity index (χ4n) is 3.91. The molecule has 1 heterocycles. The maximum absolute atomic E-state index is 4.40. The molecule has 1 fully saturated rings. The smallest absolute Gasteiger partial charge is 0.0948 e. The summed E-state index contributed by atoms with van der Waals surface area (Å²) in [5.74, 6) is 1.48. The van der Waals surface area contributed by atoms with E-state index in [4.69, 9.17) is 0 Å². The van der Waals surface area contributed by atoms with Crippen LogP contribution < -0.4 is 5.32 Å². The van der Waals surface area contributed by atoms with Gasteiger partial charge in [-0.3, -0.25) is 0 Å². The Morgan fingerprint density at radius 1 is 1.19 bits per heavy atom. The Bertz CT molecular complexity index is 414. The van der Waals surface area contributed by atoms with E-state index in [0.717, 1.165) is 25.6 Å². The molecule has 120 valence electrons. The molecule has 1 saturated carbocycles. The average Bonchev–Trinajstić information content (AvgIpc) is 2.99. The normalized spacial score (nSPS) is 18.0. The number of hydrogen-bond donors (Lipinski definition) is 1. The van der Waals surface area contributed by atoms with Crippen molar-refractivity contribution in [2.45, 2.75) is 72.9 Å². The quantitative estimate of drug-likeness (QED) is 0.776. The maximum atomic E-state index is 4.40. The number of nitrogens with zero attached hydrogens (tertiary/aromatic N) is 2. The fraction of sp³-hybridized carbons (Fsp3) is 0.833. The van der Waals surface area contributed by atoms with E-state index in [1.54, 1.807) is 0 Å². The highest BCUT2D eigenvalue weighted by Gasteiger charge is 2.35. The van der Waals surface area contributed by atoms with Crippen LogP contribution in [0, 0.1) is 17.3 Å². The lowest BCUT2D eigenvalue weighted by atomic mass is 9.78. The molecule has 0 saturated heterocycles. The Morgan fingerprint density at radius 2 is 1.90 bits per heavy atom. The summed E-state index contributed by atoms with van der Waals surface area (Å²) in [5, 5.41) is 3.54. The van der Waals surface area contributed by atoms with Crippen LogP contribution in [0.4, 0.5) is 0 Å². The largest absolute Gasteiger partial charge is 0.333 e. The second-order valence-corrected chi connectivity index (χ2v) is 7.84. The van der Waals surface area contributed by atoms with Crippen molar-refractivity contribution in [1.29, 1.82) is 0 Å². The first-order valence-corrected chi connectivity index (χ1v) is 8.70. The summed E-state index contributed by atoms with van der Waals surface area (Å²) >= 11 is 0. The predicted octanol–water partition coefficient (Wildman–Crippen LogP) is 4.24. The Morgan fingerprint density at radius 3 is 2.52 bits per heavy atom. The predicted molar refractivity (Wildman–Crippen MR) is 89.1 cm³/mol. The fourth-order valence-corrected chi connectivity index (χ4v) is 3.91. The molecule has 0 aromatic carbocycles. The van der Waals surface area contributed by atoms with Crippen molar-refractivity contribution in [2.75, 3.05) is 6.54 Å². The van der Waals surface area contributed by atoms with Crippen molar-refractivity contribution >= 4 is 0 Å². The highest BCUT2D eigenvalue weighted by molar-refractivity contribution is 5.00. The zero-order chi connectivity index (χ0) is 15.3. The molecule has 1 aliphatic rings. The SMILES string of the molecule is CC(C)CNCc1cncn1CC1(CC(C)C)CCCC1. The summed E-state index contributed by atoms with van der Waals surface area (Å²) in [4.78, 5) is 4.40. The Hall–Kier alpha value is -0.830. The molecule has 0 atom stereocenters. The van der Waals surface area contributed by atoms with E-state index in [1.807, 2.05) is 12.5 Å². The van der Waals surface area contributed by atoms with Gasteiger partial charge in [-0.2, -0.15) is 0 Å². The van der Waals surface area contributed by atoms with Gasteiger partial charge in [0.05, 0.1) is 12.0 Å².